The van der Waals surface area contributed by atoms with Crippen molar-refractivity contribution in [3.63, 3.8) is 0 Å². The molecule has 0 aliphatic heterocycles. The summed E-state index contributed by atoms with van der Waals surface area (Å²) < 4.78 is 0. The van der Waals surface area contributed by atoms with Crippen molar-refractivity contribution in [3.05, 3.63) is 41.0 Å². The monoisotopic (exact) mass is 441 g/mol. The van der Waals surface area contributed by atoms with E-state index in [9.17, 15) is 4.79 Å². The molecule has 1 heterocycles. The Morgan fingerprint density at radius 2 is 1.74 bits per heavy atom. The number of hydrogen-bond donors (Lipinski definition) is 1. The highest BCUT2D eigenvalue weighted by molar-refractivity contribution is 6.30. The van der Waals surface area contributed by atoms with Gasteiger partial charge in [-0.1, -0.05) is 18.0 Å². The number of rotatable bonds is 6. The van der Waals surface area contributed by atoms with E-state index >= 15 is 0 Å². The van der Waals surface area contributed by atoms with E-state index in [1.807, 2.05) is 56.4 Å². The van der Waals surface area contributed by atoms with Gasteiger partial charge in [-0.2, -0.15) is 4.98 Å². The van der Waals surface area contributed by atoms with Crippen molar-refractivity contribution in [2.75, 3.05) is 29.2 Å². The van der Waals surface area contributed by atoms with Crippen LogP contribution in [0.1, 0.15) is 50.5 Å². The molecule has 166 valence electrons. The number of hydrogen-bond acceptors (Lipinski definition) is 5. The molecule has 0 radical (unpaired) electrons. The van der Waals surface area contributed by atoms with Crippen molar-refractivity contribution >= 4 is 35.0 Å². The molecule has 0 unspecified atom stereocenters. The number of halogens is 1. The first-order chi connectivity index (χ1) is 14.9. The smallest absolute Gasteiger partial charge is 0.230 e. The molecule has 0 saturated heterocycles. The molecule has 2 saturated carbocycles. The molecule has 31 heavy (non-hydrogen) atoms. The zero-order valence-electron chi connectivity index (χ0n) is 18.6. The van der Waals surface area contributed by atoms with E-state index in [-0.39, 0.29) is 17.9 Å². The number of anilines is 3. The maximum Gasteiger partial charge on any atom is 0.230 e. The molecule has 7 heteroatoms. The van der Waals surface area contributed by atoms with Gasteiger partial charge in [0.25, 0.3) is 0 Å². The molecule has 2 fully saturated rings. The first-order valence-corrected chi connectivity index (χ1v) is 11.7. The van der Waals surface area contributed by atoms with Crippen LogP contribution in [0.5, 0.6) is 0 Å². The first kappa shape index (κ1) is 21.9. The summed E-state index contributed by atoms with van der Waals surface area (Å²) in [7, 11) is 3.99. The largest absolute Gasteiger partial charge is 0.362 e. The number of nitrogens with zero attached hydrogens (tertiary/aromatic N) is 4. The van der Waals surface area contributed by atoms with Gasteiger partial charge in [0.05, 0.1) is 0 Å². The third-order valence-electron chi connectivity index (χ3n) is 6.56. The maximum absolute atomic E-state index is 13.3. The van der Waals surface area contributed by atoms with E-state index in [2.05, 4.69) is 20.2 Å². The summed E-state index contributed by atoms with van der Waals surface area (Å²) in [6.07, 6.45) is 8.96. The van der Waals surface area contributed by atoms with Crippen molar-refractivity contribution in [1.82, 2.24) is 9.97 Å². The highest BCUT2D eigenvalue weighted by atomic mass is 35.5. The van der Waals surface area contributed by atoms with Gasteiger partial charge in [-0.05, 0) is 69.7 Å². The second kappa shape index (κ2) is 9.43. The molecule has 2 aliphatic carbocycles. The Kier molecular flexibility index (Phi) is 6.65. The van der Waals surface area contributed by atoms with Crippen molar-refractivity contribution in [3.8, 4) is 0 Å². The van der Waals surface area contributed by atoms with Crippen LogP contribution in [0.2, 0.25) is 5.02 Å². The van der Waals surface area contributed by atoms with E-state index in [1.165, 1.54) is 0 Å². The number of aryl methyl sites for hydroxylation is 1. The van der Waals surface area contributed by atoms with Crippen molar-refractivity contribution in [2.24, 2.45) is 5.92 Å². The molecule has 1 amide bonds. The van der Waals surface area contributed by atoms with Gasteiger partial charge in [0, 0.05) is 54.6 Å². The molecule has 1 aromatic carbocycles. The van der Waals surface area contributed by atoms with Crippen LogP contribution in [0.4, 0.5) is 17.5 Å². The fraction of sp³-hybridized carbons (Fsp3) is 0.542. The zero-order chi connectivity index (χ0) is 22.0. The van der Waals surface area contributed by atoms with Crippen LogP contribution < -0.4 is 15.1 Å². The number of amides is 1. The van der Waals surface area contributed by atoms with Gasteiger partial charge >= 0.3 is 0 Å². The molecule has 0 bridgehead atoms. The van der Waals surface area contributed by atoms with Gasteiger partial charge in [0.15, 0.2) is 0 Å². The number of aromatic nitrogens is 2. The highest BCUT2D eigenvalue weighted by Gasteiger charge is 2.36. The molecule has 6 nitrogen and oxygen atoms in total. The molecule has 1 aromatic heterocycles. The zero-order valence-corrected chi connectivity index (χ0v) is 19.4. The van der Waals surface area contributed by atoms with E-state index in [4.69, 9.17) is 11.6 Å². The summed E-state index contributed by atoms with van der Waals surface area (Å²) in [6, 6.07) is 8.26. The number of carbonyl (C=O) groups is 1. The summed E-state index contributed by atoms with van der Waals surface area (Å²) in [5, 5.41) is 4.21. The minimum absolute atomic E-state index is 0.178. The van der Waals surface area contributed by atoms with Crippen molar-refractivity contribution in [2.45, 2.75) is 64.0 Å². The Hall–Kier alpha value is -2.34. The summed E-state index contributed by atoms with van der Waals surface area (Å²) in [6.45, 7) is 2.02. The van der Waals surface area contributed by atoms with Crippen LogP contribution in [0.3, 0.4) is 0 Å². The SMILES string of the molecule is Cc1cnc(NC2CCC(N(C(=O)C3CCC3)c3ccc(Cl)cc3)CC2)nc1N(C)C. The van der Waals surface area contributed by atoms with Gasteiger partial charge in [0.2, 0.25) is 11.9 Å². The second-order valence-corrected chi connectivity index (χ2v) is 9.49. The lowest BCUT2D eigenvalue weighted by Gasteiger charge is -2.40. The van der Waals surface area contributed by atoms with E-state index in [1.54, 1.807) is 0 Å². The van der Waals surface area contributed by atoms with Crippen molar-refractivity contribution < 1.29 is 4.79 Å². The Bertz CT molecular complexity index is 905. The Balaban J connectivity index is 1.43. The van der Waals surface area contributed by atoms with Crippen LogP contribution in [-0.4, -0.2) is 42.1 Å². The minimum Gasteiger partial charge on any atom is -0.362 e. The molecule has 1 N–H and O–H groups in total. The van der Waals surface area contributed by atoms with Crippen LogP contribution >= 0.6 is 11.6 Å². The van der Waals surface area contributed by atoms with Crippen LogP contribution in [-0.2, 0) is 4.79 Å². The van der Waals surface area contributed by atoms with Crippen molar-refractivity contribution in [1.29, 1.82) is 0 Å². The lowest BCUT2D eigenvalue weighted by molar-refractivity contribution is -0.125. The molecule has 2 aliphatic rings. The molecular weight excluding hydrogens is 410 g/mol. The normalized spacial score (nSPS) is 21.3. The van der Waals surface area contributed by atoms with Gasteiger partial charge in [-0.3, -0.25) is 4.79 Å². The lowest BCUT2D eigenvalue weighted by atomic mass is 9.82. The quantitative estimate of drug-likeness (QED) is 0.678. The summed E-state index contributed by atoms with van der Waals surface area (Å²) in [4.78, 5) is 26.5. The van der Waals surface area contributed by atoms with Crippen LogP contribution in [0.15, 0.2) is 30.5 Å². The molecule has 2 aromatic rings. The second-order valence-electron chi connectivity index (χ2n) is 9.06. The summed E-state index contributed by atoms with van der Waals surface area (Å²) >= 11 is 6.09. The fourth-order valence-corrected chi connectivity index (χ4v) is 4.71. The van der Waals surface area contributed by atoms with Crippen LogP contribution in [0, 0.1) is 12.8 Å². The Morgan fingerprint density at radius 3 is 2.32 bits per heavy atom. The van der Waals surface area contributed by atoms with E-state index < -0.39 is 0 Å². The van der Waals surface area contributed by atoms with E-state index in [0.717, 1.165) is 62.0 Å². The average molecular weight is 442 g/mol. The first-order valence-electron chi connectivity index (χ1n) is 11.3. The van der Waals surface area contributed by atoms with E-state index in [0.29, 0.717) is 17.0 Å². The molecule has 0 spiro atoms. The van der Waals surface area contributed by atoms with Crippen LogP contribution in [0.25, 0.3) is 0 Å². The average Bonchev–Trinajstić information content (AvgIpc) is 2.71. The number of benzene rings is 1. The van der Waals surface area contributed by atoms with Gasteiger partial charge in [-0.15, -0.1) is 0 Å². The third-order valence-corrected chi connectivity index (χ3v) is 6.81. The number of carbonyl (C=O) groups excluding carboxylic acids is 1. The predicted octanol–water partition coefficient (Wildman–Crippen LogP) is 5.06. The van der Waals surface area contributed by atoms with Gasteiger partial charge in [0.1, 0.15) is 5.82 Å². The molecular formula is C24H32ClN5O. The Labute approximate surface area is 190 Å². The Morgan fingerprint density at radius 1 is 1.06 bits per heavy atom. The lowest BCUT2D eigenvalue weighted by Crippen LogP contribution is -2.48. The highest BCUT2D eigenvalue weighted by Crippen LogP contribution is 2.35. The minimum atomic E-state index is 0.178. The summed E-state index contributed by atoms with van der Waals surface area (Å²) in [5.41, 5.74) is 2.03. The number of nitrogens with one attached hydrogen (secondary N) is 1. The van der Waals surface area contributed by atoms with Gasteiger partial charge < -0.3 is 15.1 Å². The fourth-order valence-electron chi connectivity index (χ4n) is 4.59. The summed E-state index contributed by atoms with van der Waals surface area (Å²) in [5.74, 6) is 2.07. The topological polar surface area (TPSA) is 61.4 Å². The third kappa shape index (κ3) is 4.95. The molecule has 0 atom stereocenters. The molecule has 4 rings (SSSR count). The predicted molar refractivity (Wildman–Crippen MR) is 127 cm³/mol. The van der Waals surface area contributed by atoms with Gasteiger partial charge in [-0.25, -0.2) is 4.98 Å². The standard InChI is InChI=1S/C24H32ClN5O/c1-16-15-26-24(28-22(16)29(2)3)27-19-9-13-21(14-10-19)30(23(31)17-5-4-6-17)20-11-7-18(25)8-12-20/h7-8,11-12,15,17,19,21H,4-6,9-10,13-14H2,1-3H3,(H,26,27,28). The maximum atomic E-state index is 13.3.